The van der Waals surface area contributed by atoms with Gasteiger partial charge in [0.2, 0.25) is 5.91 Å². The molecule has 0 bridgehead atoms. The standard InChI is InChI=1S/C10H22N2O2/c1-5-9(7(2)3)12-10(13)8(11)6-14-4/h7-9H,5-6,11H2,1-4H3,(H,12,13). The van der Waals surface area contributed by atoms with Gasteiger partial charge in [-0.05, 0) is 12.3 Å². The monoisotopic (exact) mass is 202 g/mol. The number of amides is 1. The molecular formula is C10H22N2O2. The first-order valence-corrected chi connectivity index (χ1v) is 5.07. The molecule has 2 unspecified atom stereocenters. The highest BCUT2D eigenvalue weighted by Gasteiger charge is 2.18. The molecule has 4 nitrogen and oxygen atoms in total. The van der Waals surface area contributed by atoms with E-state index >= 15 is 0 Å². The molecule has 0 saturated carbocycles. The Bertz CT molecular complexity index is 172. The lowest BCUT2D eigenvalue weighted by Crippen LogP contribution is -2.48. The second-order valence-electron chi connectivity index (χ2n) is 3.83. The summed E-state index contributed by atoms with van der Waals surface area (Å²) in [4.78, 5) is 11.5. The minimum Gasteiger partial charge on any atom is -0.383 e. The predicted octanol–water partition coefficient (Wildman–Crippen LogP) is 0.511. The Kier molecular flexibility index (Phi) is 6.49. The zero-order valence-electron chi connectivity index (χ0n) is 9.54. The van der Waals surface area contributed by atoms with Crippen LogP contribution in [-0.4, -0.2) is 31.7 Å². The molecule has 0 saturated heterocycles. The molecule has 84 valence electrons. The fourth-order valence-corrected chi connectivity index (χ4v) is 1.29. The number of carbonyl (C=O) groups excluding carboxylic acids is 1. The summed E-state index contributed by atoms with van der Waals surface area (Å²) < 4.78 is 4.81. The number of hydrogen-bond donors (Lipinski definition) is 2. The molecule has 0 rings (SSSR count). The minimum absolute atomic E-state index is 0.132. The molecule has 14 heavy (non-hydrogen) atoms. The van der Waals surface area contributed by atoms with Crippen LogP contribution < -0.4 is 11.1 Å². The fraction of sp³-hybridized carbons (Fsp3) is 0.900. The van der Waals surface area contributed by atoms with Crippen molar-refractivity contribution in [2.24, 2.45) is 11.7 Å². The smallest absolute Gasteiger partial charge is 0.239 e. The van der Waals surface area contributed by atoms with E-state index in [0.29, 0.717) is 5.92 Å². The van der Waals surface area contributed by atoms with E-state index < -0.39 is 6.04 Å². The Morgan fingerprint density at radius 2 is 2.07 bits per heavy atom. The molecule has 2 atom stereocenters. The lowest BCUT2D eigenvalue weighted by molar-refractivity contribution is -0.124. The van der Waals surface area contributed by atoms with Gasteiger partial charge in [0.1, 0.15) is 6.04 Å². The largest absolute Gasteiger partial charge is 0.383 e. The lowest BCUT2D eigenvalue weighted by Gasteiger charge is -2.22. The van der Waals surface area contributed by atoms with E-state index in [0.717, 1.165) is 6.42 Å². The summed E-state index contributed by atoms with van der Waals surface area (Å²) in [6, 6.07) is -0.363. The van der Waals surface area contributed by atoms with Gasteiger partial charge >= 0.3 is 0 Å². The third kappa shape index (κ3) is 4.58. The van der Waals surface area contributed by atoms with Crippen molar-refractivity contribution in [3.63, 3.8) is 0 Å². The van der Waals surface area contributed by atoms with Gasteiger partial charge in [0.15, 0.2) is 0 Å². The van der Waals surface area contributed by atoms with Gasteiger partial charge in [-0.1, -0.05) is 20.8 Å². The third-order valence-electron chi connectivity index (χ3n) is 2.26. The van der Waals surface area contributed by atoms with Crippen LogP contribution in [0.25, 0.3) is 0 Å². The van der Waals surface area contributed by atoms with Crippen molar-refractivity contribution in [1.29, 1.82) is 0 Å². The summed E-state index contributed by atoms with van der Waals surface area (Å²) in [7, 11) is 1.53. The maximum Gasteiger partial charge on any atom is 0.239 e. The van der Waals surface area contributed by atoms with E-state index in [2.05, 4.69) is 19.2 Å². The summed E-state index contributed by atoms with van der Waals surface area (Å²) in [5, 5.41) is 2.91. The van der Waals surface area contributed by atoms with Crippen molar-refractivity contribution in [3.8, 4) is 0 Å². The Morgan fingerprint density at radius 1 is 1.50 bits per heavy atom. The Labute approximate surface area is 86.2 Å². The quantitative estimate of drug-likeness (QED) is 0.659. The first kappa shape index (κ1) is 13.4. The summed E-state index contributed by atoms with van der Waals surface area (Å²) in [5.74, 6) is 0.297. The molecule has 0 heterocycles. The van der Waals surface area contributed by atoms with Gasteiger partial charge in [0.25, 0.3) is 0 Å². The lowest BCUT2D eigenvalue weighted by atomic mass is 10.0. The van der Waals surface area contributed by atoms with Crippen LogP contribution in [-0.2, 0) is 9.53 Å². The van der Waals surface area contributed by atoms with Crippen LogP contribution in [0.2, 0.25) is 0 Å². The van der Waals surface area contributed by atoms with Crippen LogP contribution in [0.4, 0.5) is 0 Å². The SMILES string of the molecule is CCC(NC(=O)C(N)COC)C(C)C. The maximum atomic E-state index is 11.5. The van der Waals surface area contributed by atoms with E-state index in [4.69, 9.17) is 10.5 Å². The van der Waals surface area contributed by atoms with E-state index in [1.807, 2.05) is 6.92 Å². The predicted molar refractivity (Wildman–Crippen MR) is 56.9 cm³/mol. The zero-order valence-corrected chi connectivity index (χ0v) is 9.54. The summed E-state index contributed by atoms with van der Waals surface area (Å²) in [6.07, 6.45) is 0.920. The van der Waals surface area contributed by atoms with Crippen LogP contribution >= 0.6 is 0 Å². The first-order valence-electron chi connectivity index (χ1n) is 5.07. The highest BCUT2D eigenvalue weighted by atomic mass is 16.5. The molecule has 0 radical (unpaired) electrons. The molecule has 0 aromatic heterocycles. The van der Waals surface area contributed by atoms with Crippen LogP contribution in [0, 0.1) is 5.92 Å². The van der Waals surface area contributed by atoms with E-state index in [-0.39, 0.29) is 18.6 Å². The molecule has 1 amide bonds. The number of rotatable bonds is 6. The summed E-state index contributed by atoms with van der Waals surface area (Å²) >= 11 is 0. The van der Waals surface area contributed by atoms with E-state index in [1.165, 1.54) is 7.11 Å². The maximum absolute atomic E-state index is 11.5. The van der Waals surface area contributed by atoms with Crippen molar-refractivity contribution in [3.05, 3.63) is 0 Å². The van der Waals surface area contributed by atoms with Crippen LogP contribution in [0.15, 0.2) is 0 Å². The molecule has 0 fully saturated rings. The van der Waals surface area contributed by atoms with Gasteiger partial charge in [-0.3, -0.25) is 4.79 Å². The van der Waals surface area contributed by atoms with Crippen molar-refractivity contribution in [1.82, 2.24) is 5.32 Å². The summed E-state index contributed by atoms with van der Waals surface area (Å²) in [6.45, 7) is 6.47. The molecule has 0 aromatic rings. The second-order valence-corrected chi connectivity index (χ2v) is 3.83. The molecule has 0 aromatic carbocycles. The zero-order chi connectivity index (χ0) is 11.1. The number of nitrogens with one attached hydrogen (secondary N) is 1. The van der Waals surface area contributed by atoms with Gasteiger partial charge in [-0.25, -0.2) is 0 Å². The number of hydrogen-bond acceptors (Lipinski definition) is 3. The number of carbonyl (C=O) groups is 1. The van der Waals surface area contributed by atoms with Gasteiger partial charge in [0.05, 0.1) is 6.61 Å². The third-order valence-corrected chi connectivity index (χ3v) is 2.26. The second kappa shape index (κ2) is 6.79. The van der Waals surface area contributed by atoms with Crippen LogP contribution in [0.1, 0.15) is 27.2 Å². The summed E-state index contributed by atoms with van der Waals surface area (Å²) in [5.41, 5.74) is 5.59. The van der Waals surface area contributed by atoms with Crippen molar-refractivity contribution >= 4 is 5.91 Å². The molecule has 3 N–H and O–H groups in total. The highest BCUT2D eigenvalue weighted by Crippen LogP contribution is 2.05. The Hall–Kier alpha value is -0.610. The first-order chi connectivity index (χ1) is 6.52. The molecule has 0 aliphatic heterocycles. The topological polar surface area (TPSA) is 64.4 Å². The van der Waals surface area contributed by atoms with Crippen molar-refractivity contribution in [2.75, 3.05) is 13.7 Å². The molecule has 0 aliphatic carbocycles. The number of nitrogens with two attached hydrogens (primary N) is 1. The van der Waals surface area contributed by atoms with Gasteiger partial charge in [-0.2, -0.15) is 0 Å². The fourth-order valence-electron chi connectivity index (χ4n) is 1.29. The average molecular weight is 202 g/mol. The van der Waals surface area contributed by atoms with Crippen molar-refractivity contribution in [2.45, 2.75) is 39.3 Å². The Morgan fingerprint density at radius 3 is 2.43 bits per heavy atom. The molecule has 4 heteroatoms. The highest BCUT2D eigenvalue weighted by molar-refractivity contribution is 5.81. The van der Waals surface area contributed by atoms with E-state index in [1.54, 1.807) is 0 Å². The normalized spacial score (nSPS) is 15.3. The van der Waals surface area contributed by atoms with Crippen LogP contribution in [0.5, 0.6) is 0 Å². The van der Waals surface area contributed by atoms with Gasteiger partial charge in [0, 0.05) is 13.2 Å². The molecule has 0 spiro atoms. The minimum atomic E-state index is -0.562. The molecular weight excluding hydrogens is 180 g/mol. The van der Waals surface area contributed by atoms with Crippen molar-refractivity contribution < 1.29 is 9.53 Å². The Balaban J connectivity index is 4.01. The van der Waals surface area contributed by atoms with Crippen LogP contribution in [0.3, 0.4) is 0 Å². The number of ether oxygens (including phenoxy) is 1. The van der Waals surface area contributed by atoms with Gasteiger partial charge in [-0.15, -0.1) is 0 Å². The average Bonchev–Trinajstić information content (AvgIpc) is 2.13. The number of methoxy groups -OCH3 is 1. The van der Waals surface area contributed by atoms with Gasteiger partial charge < -0.3 is 15.8 Å². The van der Waals surface area contributed by atoms with E-state index in [9.17, 15) is 4.79 Å². The molecule has 0 aliphatic rings.